The number of rotatable bonds is 4. The van der Waals surface area contributed by atoms with Crippen molar-refractivity contribution in [3.05, 3.63) is 96.7 Å². The zero-order valence-electron chi connectivity index (χ0n) is 17.8. The summed E-state index contributed by atoms with van der Waals surface area (Å²) in [5.41, 5.74) is 3.86. The molecule has 9 heteroatoms. The monoisotopic (exact) mass is 473 g/mol. The van der Waals surface area contributed by atoms with Crippen LogP contribution >= 0.6 is 23.6 Å². The van der Waals surface area contributed by atoms with Gasteiger partial charge in [-0.25, -0.2) is 4.68 Å². The molecule has 0 bridgehead atoms. The lowest BCUT2D eigenvalue weighted by Gasteiger charge is -2.07. The number of benzene rings is 2. The molecule has 0 atom stereocenters. The first-order valence-electron chi connectivity index (χ1n) is 10.1. The Morgan fingerprint density at radius 1 is 1.06 bits per heavy atom. The Labute approximate surface area is 198 Å². The molecule has 2 aromatic carbocycles. The van der Waals surface area contributed by atoms with Crippen LogP contribution in [0.2, 0.25) is 0 Å². The van der Waals surface area contributed by atoms with Crippen LogP contribution in [-0.2, 0) is 7.05 Å². The Kier molecular flexibility index (Phi) is 5.27. The smallest absolute Gasteiger partial charge is 0.296 e. The highest BCUT2D eigenvalue weighted by Crippen LogP contribution is 2.32. The Morgan fingerprint density at radius 3 is 2.42 bits per heavy atom. The SMILES string of the molecule is Cc1c(-n2c(O)c(/C=C3\C=NN=C3c3ccccc3)sc2=S)c(=O)n(-c2ccccc2)n1C. The van der Waals surface area contributed by atoms with Gasteiger partial charge in [0.2, 0.25) is 5.88 Å². The minimum atomic E-state index is -0.265. The Hall–Kier alpha value is -3.82. The molecule has 1 aliphatic heterocycles. The van der Waals surface area contributed by atoms with Crippen LogP contribution in [0.1, 0.15) is 16.1 Å². The fraction of sp³-hybridized carbons (Fsp3) is 0.0833. The Morgan fingerprint density at radius 2 is 1.73 bits per heavy atom. The van der Waals surface area contributed by atoms with Crippen molar-refractivity contribution >= 4 is 41.6 Å². The standard InChI is InChI=1S/C24H19N5O2S2/c1-15-21(23(31)29(27(15)2)18-11-7-4-8-12-18)28-22(30)19(33-24(28)32)13-17-14-25-26-20(17)16-9-5-3-6-10-16/h3-14,30H,1-2H3/b17-13+. The van der Waals surface area contributed by atoms with Gasteiger partial charge in [-0.1, -0.05) is 48.5 Å². The highest BCUT2D eigenvalue weighted by molar-refractivity contribution is 7.73. The van der Waals surface area contributed by atoms with Crippen LogP contribution in [0.25, 0.3) is 17.5 Å². The first kappa shape index (κ1) is 21.0. The summed E-state index contributed by atoms with van der Waals surface area (Å²) in [5, 5.41) is 19.4. The van der Waals surface area contributed by atoms with Crippen LogP contribution in [0.4, 0.5) is 0 Å². The van der Waals surface area contributed by atoms with Crippen LogP contribution in [0.15, 0.2) is 81.2 Å². The van der Waals surface area contributed by atoms with Gasteiger partial charge in [-0.05, 0) is 37.4 Å². The van der Waals surface area contributed by atoms with Crippen LogP contribution < -0.4 is 5.56 Å². The average Bonchev–Trinajstić information content (AvgIpc) is 3.46. The summed E-state index contributed by atoms with van der Waals surface area (Å²) in [6.45, 7) is 1.83. The van der Waals surface area contributed by atoms with Gasteiger partial charge in [-0.3, -0.25) is 14.0 Å². The average molecular weight is 474 g/mol. The van der Waals surface area contributed by atoms with Crippen molar-refractivity contribution in [2.45, 2.75) is 6.92 Å². The van der Waals surface area contributed by atoms with Gasteiger partial charge < -0.3 is 5.11 Å². The Bertz CT molecular complexity index is 1570. The molecule has 0 spiro atoms. The largest absolute Gasteiger partial charge is 0.493 e. The van der Waals surface area contributed by atoms with Crippen molar-refractivity contribution in [3.8, 4) is 17.3 Å². The normalized spacial score (nSPS) is 14.2. The lowest BCUT2D eigenvalue weighted by Crippen LogP contribution is -2.21. The first-order chi connectivity index (χ1) is 16.0. The number of thiazole rings is 1. The van der Waals surface area contributed by atoms with Gasteiger partial charge in [0, 0.05) is 18.2 Å². The van der Waals surface area contributed by atoms with E-state index in [1.54, 1.807) is 28.7 Å². The number of allylic oxidation sites excluding steroid dienone is 1. The number of para-hydroxylation sites is 1. The van der Waals surface area contributed by atoms with E-state index in [1.807, 2.05) is 67.6 Å². The van der Waals surface area contributed by atoms with Crippen LogP contribution in [-0.4, -0.2) is 31.0 Å². The molecule has 5 rings (SSSR count). The minimum absolute atomic E-state index is 0.0868. The van der Waals surface area contributed by atoms with E-state index in [4.69, 9.17) is 12.2 Å². The minimum Gasteiger partial charge on any atom is -0.493 e. The van der Waals surface area contributed by atoms with Crippen molar-refractivity contribution in [2.75, 3.05) is 0 Å². The zero-order chi connectivity index (χ0) is 23.1. The topological polar surface area (TPSA) is 76.8 Å². The number of aromatic hydroxyl groups is 1. The summed E-state index contributed by atoms with van der Waals surface area (Å²) >= 11 is 6.79. The highest BCUT2D eigenvalue weighted by Gasteiger charge is 2.23. The van der Waals surface area contributed by atoms with Gasteiger partial charge in [0.15, 0.2) is 3.95 Å². The molecule has 0 fully saturated rings. The van der Waals surface area contributed by atoms with E-state index < -0.39 is 0 Å². The molecule has 4 aromatic rings. The molecule has 1 aliphatic rings. The van der Waals surface area contributed by atoms with Crippen LogP contribution in [0.3, 0.4) is 0 Å². The van der Waals surface area contributed by atoms with Crippen molar-refractivity contribution in [1.29, 1.82) is 0 Å². The molecule has 3 heterocycles. The molecule has 0 amide bonds. The third-order valence-corrected chi connectivity index (χ3v) is 6.83. The maximum absolute atomic E-state index is 13.4. The quantitative estimate of drug-likeness (QED) is 0.439. The van der Waals surface area contributed by atoms with Gasteiger partial charge in [0.25, 0.3) is 5.56 Å². The molecule has 0 aliphatic carbocycles. The predicted molar refractivity (Wildman–Crippen MR) is 135 cm³/mol. The van der Waals surface area contributed by atoms with Crippen LogP contribution in [0, 0.1) is 10.9 Å². The second-order valence-electron chi connectivity index (χ2n) is 7.46. The first-order valence-corrected chi connectivity index (χ1v) is 11.4. The van der Waals surface area contributed by atoms with Gasteiger partial charge in [-0.15, -0.1) is 16.4 Å². The van der Waals surface area contributed by atoms with Gasteiger partial charge in [0.1, 0.15) is 11.4 Å². The predicted octanol–water partition coefficient (Wildman–Crippen LogP) is 4.64. The summed E-state index contributed by atoms with van der Waals surface area (Å²) in [4.78, 5) is 13.9. The molecule has 7 nitrogen and oxygen atoms in total. The molecule has 164 valence electrons. The van der Waals surface area contributed by atoms with Crippen molar-refractivity contribution < 1.29 is 5.11 Å². The van der Waals surface area contributed by atoms with Crippen molar-refractivity contribution in [2.24, 2.45) is 17.3 Å². The lowest BCUT2D eigenvalue weighted by atomic mass is 10.0. The molecule has 0 unspecified atom stereocenters. The number of hydrogen-bond acceptors (Lipinski definition) is 6. The third-order valence-electron chi connectivity index (χ3n) is 5.52. The van der Waals surface area contributed by atoms with Gasteiger partial charge in [0.05, 0.1) is 22.5 Å². The molecule has 2 aromatic heterocycles. The molecule has 0 saturated carbocycles. The second kappa shape index (κ2) is 8.27. The van der Waals surface area contributed by atoms with E-state index in [-0.39, 0.29) is 11.4 Å². The van der Waals surface area contributed by atoms with E-state index in [0.717, 1.165) is 16.8 Å². The fourth-order valence-electron chi connectivity index (χ4n) is 3.82. The fourth-order valence-corrected chi connectivity index (χ4v) is 5.09. The van der Waals surface area contributed by atoms with E-state index in [9.17, 15) is 9.90 Å². The number of aromatic nitrogens is 3. The van der Waals surface area contributed by atoms with E-state index in [1.165, 1.54) is 15.9 Å². The zero-order valence-corrected chi connectivity index (χ0v) is 19.5. The number of hydrogen-bond donors (Lipinski definition) is 1. The molecule has 0 radical (unpaired) electrons. The molecule has 1 N–H and O–H groups in total. The van der Waals surface area contributed by atoms with Crippen LogP contribution in [0.5, 0.6) is 5.88 Å². The van der Waals surface area contributed by atoms with Gasteiger partial charge in [-0.2, -0.15) is 5.10 Å². The van der Waals surface area contributed by atoms with Gasteiger partial charge >= 0.3 is 0 Å². The molecule has 0 saturated heterocycles. The molecular weight excluding hydrogens is 454 g/mol. The summed E-state index contributed by atoms with van der Waals surface area (Å²) < 4.78 is 5.13. The van der Waals surface area contributed by atoms with Crippen molar-refractivity contribution in [3.63, 3.8) is 0 Å². The highest BCUT2D eigenvalue weighted by atomic mass is 32.1. The maximum Gasteiger partial charge on any atom is 0.296 e. The lowest BCUT2D eigenvalue weighted by molar-refractivity contribution is 0.440. The van der Waals surface area contributed by atoms with E-state index >= 15 is 0 Å². The molecular formula is C24H19N5O2S2. The summed E-state index contributed by atoms with van der Waals surface area (Å²) in [7, 11) is 1.81. The number of nitrogens with zero attached hydrogens (tertiary/aromatic N) is 5. The summed E-state index contributed by atoms with van der Waals surface area (Å²) in [6.07, 6.45) is 3.44. The van der Waals surface area contributed by atoms with Crippen molar-refractivity contribution in [1.82, 2.24) is 13.9 Å². The molecule has 33 heavy (non-hydrogen) atoms. The third kappa shape index (κ3) is 3.51. The summed E-state index contributed by atoms with van der Waals surface area (Å²) in [6, 6.07) is 19.1. The maximum atomic E-state index is 13.4. The second-order valence-corrected chi connectivity index (χ2v) is 9.14. The summed E-state index contributed by atoms with van der Waals surface area (Å²) in [5.74, 6) is -0.0868. The Balaban J connectivity index is 1.63. The van der Waals surface area contributed by atoms with E-state index in [0.29, 0.717) is 25.9 Å². The van der Waals surface area contributed by atoms with E-state index in [2.05, 4.69) is 10.2 Å².